The van der Waals surface area contributed by atoms with Gasteiger partial charge in [-0.1, -0.05) is 0 Å². The van der Waals surface area contributed by atoms with Crippen molar-refractivity contribution in [3.05, 3.63) is 17.5 Å². The molecule has 4 heteroatoms. The number of hydrogen-bond acceptors (Lipinski definition) is 2. The molecule has 0 aromatic carbocycles. The van der Waals surface area contributed by atoms with Crippen molar-refractivity contribution in [1.29, 1.82) is 0 Å². The fourth-order valence-corrected chi connectivity index (χ4v) is 5.51. The number of rotatable bonds is 3. The fourth-order valence-electron chi connectivity index (χ4n) is 5.51. The third-order valence-electron chi connectivity index (χ3n) is 5.88. The molecule has 0 spiro atoms. The van der Waals surface area contributed by atoms with Crippen molar-refractivity contribution in [2.75, 3.05) is 0 Å². The normalized spacial score (nSPS) is 38.4. The maximum absolute atomic E-state index is 11.4. The lowest BCUT2D eigenvalue weighted by Crippen LogP contribution is -2.48. The zero-order chi connectivity index (χ0) is 13.9. The molecule has 0 unspecified atom stereocenters. The number of nitrogens with zero attached hydrogens (tertiary/aromatic N) is 2. The molecule has 0 radical (unpaired) electrons. The molecule has 0 saturated heterocycles. The molecule has 4 aliphatic rings. The average molecular weight is 274 g/mol. The van der Waals surface area contributed by atoms with E-state index < -0.39 is 5.97 Å². The van der Waals surface area contributed by atoms with E-state index in [1.165, 1.54) is 38.5 Å². The lowest BCUT2D eigenvalue weighted by atomic mass is 9.49. The van der Waals surface area contributed by atoms with Gasteiger partial charge in [0.05, 0.1) is 5.69 Å². The maximum atomic E-state index is 11.4. The Morgan fingerprint density at radius 1 is 1.30 bits per heavy atom. The second-order valence-electron chi connectivity index (χ2n) is 7.23. The molecule has 1 aromatic rings. The average Bonchev–Trinajstić information content (AvgIpc) is 2.82. The number of aromatic nitrogens is 2. The number of aromatic carboxylic acids is 1. The van der Waals surface area contributed by atoms with Crippen LogP contribution in [0.1, 0.15) is 61.6 Å². The molecule has 4 bridgehead atoms. The first-order valence-corrected chi connectivity index (χ1v) is 7.91. The minimum Gasteiger partial charge on any atom is -0.477 e. The molecule has 4 aliphatic carbocycles. The van der Waals surface area contributed by atoms with Gasteiger partial charge in [0.1, 0.15) is 5.69 Å². The Morgan fingerprint density at radius 3 is 2.25 bits per heavy atom. The Hall–Kier alpha value is -1.32. The molecule has 4 saturated carbocycles. The van der Waals surface area contributed by atoms with Crippen molar-refractivity contribution >= 4 is 5.97 Å². The molecule has 0 aliphatic heterocycles. The fraction of sp³-hybridized carbons (Fsp3) is 0.750. The predicted octanol–water partition coefficient (Wildman–Crippen LogP) is 3.07. The van der Waals surface area contributed by atoms with E-state index in [1.54, 1.807) is 4.68 Å². The number of hydrogen-bond donors (Lipinski definition) is 1. The number of carboxylic acids is 1. The van der Waals surface area contributed by atoms with E-state index in [9.17, 15) is 9.90 Å². The van der Waals surface area contributed by atoms with Gasteiger partial charge in [0.2, 0.25) is 0 Å². The van der Waals surface area contributed by atoms with Crippen LogP contribution in [0.5, 0.6) is 0 Å². The minimum absolute atomic E-state index is 0.194. The Balaban J connectivity index is 1.75. The highest BCUT2D eigenvalue weighted by Crippen LogP contribution is 2.60. The summed E-state index contributed by atoms with van der Waals surface area (Å²) in [6, 6.07) is 1.86. The van der Waals surface area contributed by atoms with Crippen LogP contribution < -0.4 is 0 Å². The molecule has 1 N–H and O–H groups in total. The zero-order valence-corrected chi connectivity index (χ0v) is 12.0. The summed E-state index contributed by atoms with van der Waals surface area (Å²) in [6.07, 6.45) is 7.91. The summed E-state index contributed by atoms with van der Waals surface area (Å²) in [5.41, 5.74) is 1.62. The van der Waals surface area contributed by atoms with Gasteiger partial charge in [-0.15, -0.1) is 0 Å². The lowest BCUT2D eigenvalue weighted by Gasteiger charge is -2.56. The topological polar surface area (TPSA) is 55.1 Å². The predicted molar refractivity (Wildman–Crippen MR) is 74.7 cm³/mol. The maximum Gasteiger partial charge on any atom is 0.354 e. The molecular weight excluding hydrogens is 252 g/mol. The SMILES string of the molecule is CCn1nc(C23CC4CC(CC(C4)C2)C3)cc1C(=O)O. The number of aryl methyl sites for hydroxylation is 1. The molecule has 0 amide bonds. The van der Waals surface area contributed by atoms with Crippen molar-refractivity contribution in [1.82, 2.24) is 9.78 Å². The van der Waals surface area contributed by atoms with Gasteiger partial charge in [0, 0.05) is 12.0 Å². The Labute approximate surface area is 119 Å². The quantitative estimate of drug-likeness (QED) is 0.921. The van der Waals surface area contributed by atoms with E-state index in [4.69, 9.17) is 0 Å². The van der Waals surface area contributed by atoms with Gasteiger partial charge in [-0.25, -0.2) is 4.79 Å². The number of carboxylic acid groups (broad SMARTS) is 1. The Bertz CT molecular complexity index is 526. The van der Waals surface area contributed by atoms with Crippen molar-refractivity contribution < 1.29 is 9.90 Å². The molecule has 4 fully saturated rings. The second-order valence-corrected chi connectivity index (χ2v) is 7.23. The highest BCUT2D eigenvalue weighted by Gasteiger charge is 2.52. The van der Waals surface area contributed by atoms with Crippen LogP contribution in [0.3, 0.4) is 0 Å². The van der Waals surface area contributed by atoms with Gasteiger partial charge >= 0.3 is 5.97 Å². The highest BCUT2D eigenvalue weighted by molar-refractivity contribution is 5.85. The van der Waals surface area contributed by atoms with Crippen molar-refractivity contribution in [3.63, 3.8) is 0 Å². The largest absolute Gasteiger partial charge is 0.477 e. The van der Waals surface area contributed by atoms with Crippen molar-refractivity contribution in [2.24, 2.45) is 17.8 Å². The van der Waals surface area contributed by atoms with Crippen molar-refractivity contribution in [2.45, 2.75) is 57.4 Å². The Morgan fingerprint density at radius 2 is 1.85 bits per heavy atom. The van der Waals surface area contributed by atoms with Crippen LogP contribution in [0.4, 0.5) is 0 Å². The summed E-state index contributed by atoms with van der Waals surface area (Å²) in [7, 11) is 0. The van der Waals surface area contributed by atoms with Crippen LogP contribution in [0.2, 0.25) is 0 Å². The third kappa shape index (κ3) is 1.66. The summed E-state index contributed by atoms with van der Waals surface area (Å²) < 4.78 is 1.66. The van der Waals surface area contributed by atoms with Crippen LogP contribution >= 0.6 is 0 Å². The molecule has 1 aromatic heterocycles. The number of carbonyl (C=O) groups is 1. The molecular formula is C16H22N2O2. The zero-order valence-electron chi connectivity index (χ0n) is 12.0. The highest BCUT2D eigenvalue weighted by atomic mass is 16.4. The standard InChI is InChI=1S/C16H22N2O2/c1-2-18-13(15(19)20)6-14(17-18)16-7-10-3-11(8-16)5-12(4-10)9-16/h6,10-12H,2-5,7-9H2,1H3,(H,19,20). The van der Waals surface area contributed by atoms with Crippen LogP contribution in [-0.4, -0.2) is 20.9 Å². The lowest BCUT2D eigenvalue weighted by molar-refractivity contribution is -0.00746. The summed E-state index contributed by atoms with van der Waals surface area (Å²) in [5.74, 6) is 1.74. The summed E-state index contributed by atoms with van der Waals surface area (Å²) in [6.45, 7) is 2.59. The van der Waals surface area contributed by atoms with Gasteiger partial charge in [-0.05, 0) is 69.3 Å². The first-order chi connectivity index (χ1) is 9.59. The van der Waals surface area contributed by atoms with Gasteiger partial charge in [0.25, 0.3) is 0 Å². The van der Waals surface area contributed by atoms with Gasteiger partial charge in [0.15, 0.2) is 0 Å². The van der Waals surface area contributed by atoms with Gasteiger partial charge in [-0.3, -0.25) is 4.68 Å². The summed E-state index contributed by atoms with van der Waals surface area (Å²) in [5, 5.41) is 14.0. The van der Waals surface area contributed by atoms with Crippen LogP contribution in [0, 0.1) is 17.8 Å². The van der Waals surface area contributed by atoms with E-state index in [0.717, 1.165) is 23.4 Å². The monoisotopic (exact) mass is 274 g/mol. The van der Waals surface area contributed by atoms with E-state index in [-0.39, 0.29) is 5.41 Å². The van der Waals surface area contributed by atoms with E-state index in [2.05, 4.69) is 5.10 Å². The molecule has 4 nitrogen and oxygen atoms in total. The van der Waals surface area contributed by atoms with Crippen molar-refractivity contribution in [3.8, 4) is 0 Å². The van der Waals surface area contributed by atoms with Gasteiger partial charge in [-0.2, -0.15) is 5.10 Å². The van der Waals surface area contributed by atoms with Crippen LogP contribution in [-0.2, 0) is 12.0 Å². The van der Waals surface area contributed by atoms with Crippen LogP contribution in [0.15, 0.2) is 6.07 Å². The van der Waals surface area contributed by atoms with E-state index in [0.29, 0.717) is 12.2 Å². The Kier molecular flexibility index (Phi) is 2.54. The first kappa shape index (κ1) is 12.4. The van der Waals surface area contributed by atoms with Gasteiger partial charge < -0.3 is 5.11 Å². The molecule has 20 heavy (non-hydrogen) atoms. The minimum atomic E-state index is -0.852. The molecule has 0 atom stereocenters. The summed E-state index contributed by atoms with van der Waals surface area (Å²) in [4.78, 5) is 11.4. The third-order valence-corrected chi connectivity index (χ3v) is 5.88. The second kappa shape index (κ2) is 4.09. The van der Waals surface area contributed by atoms with E-state index >= 15 is 0 Å². The molecule has 5 rings (SSSR count). The first-order valence-electron chi connectivity index (χ1n) is 7.91. The molecule has 108 valence electrons. The smallest absolute Gasteiger partial charge is 0.354 e. The van der Waals surface area contributed by atoms with Crippen LogP contribution in [0.25, 0.3) is 0 Å². The summed E-state index contributed by atoms with van der Waals surface area (Å²) >= 11 is 0. The molecule has 1 heterocycles. The van der Waals surface area contributed by atoms with E-state index in [1.807, 2.05) is 13.0 Å².